The minimum absolute atomic E-state index is 0.258. The van der Waals surface area contributed by atoms with E-state index >= 15 is 0 Å². The SMILES string of the molecule is C1CCNC1.Cc1oc2ccc(OCc3cnco3)cc2c1C(N)=O. The lowest BCUT2D eigenvalue weighted by Gasteiger charge is -2.03. The molecule has 1 saturated heterocycles. The van der Waals surface area contributed by atoms with Gasteiger partial charge in [-0.1, -0.05) is 0 Å². The molecule has 7 heteroatoms. The smallest absolute Gasteiger partial charge is 0.252 e. The first-order chi connectivity index (χ1) is 12.1. The van der Waals surface area contributed by atoms with Gasteiger partial charge >= 0.3 is 0 Å². The van der Waals surface area contributed by atoms with Gasteiger partial charge in [-0.2, -0.15) is 0 Å². The van der Waals surface area contributed by atoms with Gasteiger partial charge in [0, 0.05) is 5.39 Å². The van der Waals surface area contributed by atoms with Crippen LogP contribution in [0.1, 0.15) is 34.7 Å². The number of nitrogens with two attached hydrogens (primary N) is 1. The number of rotatable bonds is 4. The Kier molecular flexibility index (Phi) is 5.35. The molecule has 0 saturated carbocycles. The molecule has 0 radical (unpaired) electrons. The summed E-state index contributed by atoms with van der Waals surface area (Å²) in [6.45, 7) is 4.46. The molecule has 4 rings (SSSR count). The monoisotopic (exact) mass is 343 g/mol. The number of ether oxygens (including phenoxy) is 1. The minimum atomic E-state index is -0.520. The highest BCUT2D eigenvalue weighted by Crippen LogP contribution is 2.29. The molecule has 0 aliphatic carbocycles. The maximum absolute atomic E-state index is 11.5. The van der Waals surface area contributed by atoms with E-state index in [4.69, 9.17) is 19.3 Å². The summed E-state index contributed by atoms with van der Waals surface area (Å²) in [4.78, 5) is 15.3. The van der Waals surface area contributed by atoms with Crippen LogP contribution in [0.15, 0.2) is 39.6 Å². The van der Waals surface area contributed by atoms with Gasteiger partial charge in [-0.25, -0.2) is 4.98 Å². The summed E-state index contributed by atoms with van der Waals surface area (Å²) in [7, 11) is 0. The van der Waals surface area contributed by atoms with Gasteiger partial charge in [0.05, 0.1) is 11.8 Å². The van der Waals surface area contributed by atoms with E-state index in [0.717, 1.165) is 0 Å². The third-order valence-electron chi connectivity index (χ3n) is 3.90. The van der Waals surface area contributed by atoms with Crippen LogP contribution in [0, 0.1) is 6.92 Å². The van der Waals surface area contributed by atoms with Crippen molar-refractivity contribution in [2.24, 2.45) is 5.73 Å². The molecule has 0 atom stereocenters. The van der Waals surface area contributed by atoms with Crippen molar-refractivity contribution >= 4 is 16.9 Å². The van der Waals surface area contributed by atoms with Crippen LogP contribution in [-0.4, -0.2) is 24.0 Å². The Bertz CT molecular complexity index is 828. The Balaban J connectivity index is 0.000000314. The van der Waals surface area contributed by atoms with Crippen molar-refractivity contribution in [2.75, 3.05) is 13.1 Å². The Labute approximate surface area is 145 Å². The van der Waals surface area contributed by atoms with Gasteiger partial charge in [0.1, 0.15) is 23.7 Å². The van der Waals surface area contributed by atoms with E-state index in [2.05, 4.69) is 10.3 Å². The lowest BCUT2D eigenvalue weighted by Crippen LogP contribution is -2.11. The van der Waals surface area contributed by atoms with Gasteiger partial charge in [-0.3, -0.25) is 4.79 Å². The average Bonchev–Trinajstić information content (AvgIpc) is 3.34. The van der Waals surface area contributed by atoms with Crippen molar-refractivity contribution in [3.05, 3.63) is 47.9 Å². The molecular weight excluding hydrogens is 322 g/mol. The first kappa shape index (κ1) is 17.0. The van der Waals surface area contributed by atoms with Crippen LogP contribution in [-0.2, 0) is 6.61 Å². The first-order valence-electron chi connectivity index (χ1n) is 8.19. The van der Waals surface area contributed by atoms with Gasteiger partial charge < -0.3 is 24.6 Å². The Morgan fingerprint density at radius 1 is 1.36 bits per heavy atom. The highest BCUT2D eigenvalue weighted by Gasteiger charge is 2.16. The molecule has 3 N–H and O–H groups in total. The van der Waals surface area contributed by atoms with E-state index in [1.165, 1.54) is 32.3 Å². The van der Waals surface area contributed by atoms with Gasteiger partial charge in [-0.15, -0.1) is 0 Å². The van der Waals surface area contributed by atoms with E-state index in [1.54, 1.807) is 31.3 Å². The van der Waals surface area contributed by atoms with Crippen molar-refractivity contribution in [3.8, 4) is 5.75 Å². The van der Waals surface area contributed by atoms with Crippen LogP contribution in [0.2, 0.25) is 0 Å². The standard InChI is InChI=1S/C14H12N2O4.C4H9N/c1-8-13(14(15)17)11-4-9(2-3-12(11)20-8)18-6-10-5-16-7-19-10;1-2-4-5-3-1/h2-5,7H,6H2,1H3,(H2,15,17);5H,1-4H2. The number of aromatic nitrogens is 1. The number of primary amides is 1. The van der Waals surface area contributed by atoms with Gasteiger partial charge in [0.2, 0.25) is 0 Å². The van der Waals surface area contributed by atoms with Gasteiger partial charge in [-0.05, 0) is 51.1 Å². The van der Waals surface area contributed by atoms with Crippen LogP contribution in [0.25, 0.3) is 11.0 Å². The molecule has 0 spiro atoms. The van der Waals surface area contributed by atoms with Crippen molar-refractivity contribution in [1.29, 1.82) is 0 Å². The van der Waals surface area contributed by atoms with Gasteiger partial charge in [0.15, 0.2) is 12.2 Å². The van der Waals surface area contributed by atoms with E-state index in [0.29, 0.717) is 33.8 Å². The number of oxazole rings is 1. The van der Waals surface area contributed by atoms with Crippen LogP contribution >= 0.6 is 0 Å². The summed E-state index contributed by atoms with van der Waals surface area (Å²) in [6.07, 6.45) is 5.70. The molecule has 1 fully saturated rings. The zero-order valence-electron chi connectivity index (χ0n) is 14.1. The van der Waals surface area contributed by atoms with Crippen molar-refractivity contribution < 1.29 is 18.4 Å². The number of carbonyl (C=O) groups excluding carboxylic acids is 1. The zero-order valence-corrected chi connectivity index (χ0v) is 14.1. The Morgan fingerprint density at radius 3 is 2.76 bits per heavy atom. The quantitative estimate of drug-likeness (QED) is 0.755. The summed E-state index contributed by atoms with van der Waals surface area (Å²) < 4.78 is 16.1. The van der Waals surface area contributed by atoms with E-state index in [1.807, 2.05) is 0 Å². The molecular formula is C18H21N3O4. The largest absolute Gasteiger partial charge is 0.486 e. The number of furan rings is 1. The minimum Gasteiger partial charge on any atom is -0.486 e. The fourth-order valence-corrected chi connectivity index (χ4v) is 2.69. The van der Waals surface area contributed by atoms with Crippen LogP contribution in [0.4, 0.5) is 0 Å². The average molecular weight is 343 g/mol. The maximum atomic E-state index is 11.5. The molecule has 2 aromatic heterocycles. The second kappa shape index (κ2) is 7.85. The third-order valence-corrected chi connectivity index (χ3v) is 3.90. The topological polar surface area (TPSA) is 104 Å². The summed E-state index contributed by atoms with van der Waals surface area (Å²) in [5, 5.41) is 3.87. The number of aryl methyl sites for hydroxylation is 1. The predicted molar refractivity (Wildman–Crippen MR) is 92.4 cm³/mol. The maximum Gasteiger partial charge on any atom is 0.252 e. The van der Waals surface area contributed by atoms with Crippen molar-refractivity contribution in [2.45, 2.75) is 26.4 Å². The van der Waals surface area contributed by atoms with Gasteiger partial charge in [0.25, 0.3) is 5.91 Å². The number of benzene rings is 1. The molecule has 0 bridgehead atoms. The molecule has 3 heterocycles. The number of hydrogen-bond donors (Lipinski definition) is 2. The second-order valence-electron chi connectivity index (χ2n) is 5.77. The molecule has 1 aliphatic rings. The molecule has 1 aromatic carbocycles. The fraction of sp³-hybridized carbons (Fsp3) is 0.333. The van der Waals surface area contributed by atoms with E-state index in [9.17, 15) is 4.79 Å². The van der Waals surface area contributed by atoms with Crippen LogP contribution in [0.5, 0.6) is 5.75 Å². The molecule has 132 valence electrons. The third kappa shape index (κ3) is 4.19. The molecule has 1 aliphatic heterocycles. The highest BCUT2D eigenvalue weighted by atomic mass is 16.5. The number of nitrogens with one attached hydrogen (secondary N) is 1. The van der Waals surface area contributed by atoms with Crippen molar-refractivity contribution in [1.82, 2.24) is 10.3 Å². The number of amides is 1. The summed E-state index contributed by atoms with van der Waals surface area (Å²) in [5.41, 5.74) is 6.34. The normalized spacial score (nSPS) is 13.5. The van der Waals surface area contributed by atoms with Crippen molar-refractivity contribution in [3.63, 3.8) is 0 Å². The number of nitrogens with zero attached hydrogens (tertiary/aromatic N) is 1. The number of fused-ring (bicyclic) bond motifs is 1. The number of carbonyl (C=O) groups is 1. The molecule has 3 aromatic rings. The zero-order chi connectivity index (χ0) is 17.6. The fourth-order valence-electron chi connectivity index (χ4n) is 2.69. The van der Waals surface area contributed by atoms with Crippen LogP contribution in [0.3, 0.4) is 0 Å². The van der Waals surface area contributed by atoms with E-state index < -0.39 is 5.91 Å². The summed E-state index contributed by atoms with van der Waals surface area (Å²) in [6, 6.07) is 5.22. The number of hydrogen-bond acceptors (Lipinski definition) is 6. The Hall–Kier alpha value is -2.80. The molecule has 25 heavy (non-hydrogen) atoms. The second-order valence-corrected chi connectivity index (χ2v) is 5.77. The first-order valence-corrected chi connectivity index (χ1v) is 8.19. The van der Waals surface area contributed by atoms with Crippen LogP contribution < -0.4 is 15.8 Å². The van der Waals surface area contributed by atoms with E-state index in [-0.39, 0.29) is 6.61 Å². The molecule has 7 nitrogen and oxygen atoms in total. The Morgan fingerprint density at radius 2 is 2.16 bits per heavy atom. The molecule has 0 unspecified atom stereocenters. The predicted octanol–water partition coefficient (Wildman–Crippen LogP) is 2.78. The summed E-state index contributed by atoms with van der Waals surface area (Å²) >= 11 is 0. The highest BCUT2D eigenvalue weighted by molar-refractivity contribution is 6.06. The molecule has 1 amide bonds. The summed E-state index contributed by atoms with van der Waals surface area (Å²) in [5.74, 6) is 1.19. The lowest BCUT2D eigenvalue weighted by atomic mass is 10.1. The lowest BCUT2D eigenvalue weighted by molar-refractivity contribution is 0.1000.